The summed E-state index contributed by atoms with van der Waals surface area (Å²) in [5.74, 6) is 0.483. The SMILES string of the molecule is O=C(CN1C(=O)CCOc2ccccc21)Nc1nc2ccccc2[nH]1. The van der Waals surface area contributed by atoms with E-state index in [2.05, 4.69) is 15.3 Å². The third kappa shape index (κ3) is 3.03. The molecule has 0 saturated heterocycles. The van der Waals surface area contributed by atoms with E-state index >= 15 is 0 Å². The molecule has 0 fully saturated rings. The number of nitrogens with zero attached hydrogens (tertiary/aromatic N) is 2. The number of aromatic nitrogens is 2. The van der Waals surface area contributed by atoms with Crippen molar-refractivity contribution in [2.75, 3.05) is 23.4 Å². The van der Waals surface area contributed by atoms with Gasteiger partial charge < -0.3 is 9.72 Å². The number of imidazole rings is 1. The normalized spacial score (nSPS) is 13.9. The van der Waals surface area contributed by atoms with E-state index in [4.69, 9.17) is 4.74 Å². The van der Waals surface area contributed by atoms with Crippen molar-refractivity contribution in [1.82, 2.24) is 9.97 Å². The van der Waals surface area contributed by atoms with E-state index in [9.17, 15) is 9.59 Å². The average molecular weight is 336 g/mol. The highest BCUT2D eigenvalue weighted by Crippen LogP contribution is 2.30. The van der Waals surface area contributed by atoms with E-state index < -0.39 is 0 Å². The number of hydrogen-bond donors (Lipinski definition) is 2. The molecule has 25 heavy (non-hydrogen) atoms. The molecule has 0 spiro atoms. The zero-order valence-electron chi connectivity index (χ0n) is 13.4. The van der Waals surface area contributed by atoms with Crippen molar-refractivity contribution >= 4 is 34.5 Å². The Kier molecular flexibility index (Phi) is 3.81. The van der Waals surface area contributed by atoms with Crippen molar-refractivity contribution in [3.8, 4) is 5.75 Å². The Bertz CT molecular complexity index is 917. The molecule has 2 N–H and O–H groups in total. The van der Waals surface area contributed by atoms with Crippen LogP contribution in [0.5, 0.6) is 5.75 Å². The number of hydrogen-bond acceptors (Lipinski definition) is 4. The van der Waals surface area contributed by atoms with Crippen LogP contribution in [-0.2, 0) is 9.59 Å². The molecule has 2 aromatic carbocycles. The van der Waals surface area contributed by atoms with Gasteiger partial charge in [0, 0.05) is 0 Å². The average Bonchev–Trinajstić information content (AvgIpc) is 2.95. The Hall–Kier alpha value is -3.35. The maximum Gasteiger partial charge on any atom is 0.246 e. The van der Waals surface area contributed by atoms with Crippen LogP contribution in [0.25, 0.3) is 11.0 Å². The van der Waals surface area contributed by atoms with E-state index in [0.717, 1.165) is 11.0 Å². The molecular formula is C18H16N4O3. The molecule has 0 radical (unpaired) electrons. The molecule has 1 aliphatic rings. The summed E-state index contributed by atoms with van der Waals surface area (Å²) in [6, 6.07) is 14.7. The highest BCUT2D eigenvalue weighted by Gasteiger charge is 2.25. The van der Waals surface area contributed by atoms with Crippen LogP contribution in [0.4, 0.5) is 11.6 Å². The lowest BCUT2D eigenvalue weighted by Gasteiger charge is -2.20. The summed E-state index contributed by atoms with van der Waals surface area (Å²) in [6.45, 7) is 0.202. The second-order valence-electron chi connectivity index (χ2n) is 5.70. The lowest BCUT2D eigenvalue weighted by atomic mass is 10.2. The molecule has 0 aliphatic carbocycles. The number of amides is 2. The number of ether oxygens (including phenoxy) is 1. The second-order valence-corrected chi connectivity index (χ2v) is 5.70. The monoisotopic (exact) mass is 336 g/mol. The lowest BCUT2D eigenvalue weighted by Crippen LogP contribution is -2.37. The molecule has 1 aliphatic heterocycles. The second kappa shape index (κ2) is 6.27. The maximum absolute atomic E-state index is 12.4. The number of fused-ring (bicyclic) bond motifs is 2. The van der Waals surface area contributed by atoms with Crippen molar-refractivity contribution < 1.29 is 14.3 Å². The molecule has 0 unspecified atom stereocenters. The van der Waals surface area contributed by atoms with Gasteiger partial charge in [-0.25, -0.2) is 4.98 Å². The Balaban J connectivity index is 1.54. The van der Waals surface area contributed by atoms with Gasteiger partial charge in [0.05, 0.1) is 29.7 Å². The van der Waals surface area contributed by atoms with Crippen LogP contribution in [0.3, 0.4) is 0 Å². The molecule has 2 heterocycles. The molecule has 4 rings (SSSR count). The largest absolute Gasteiger partial charge is 0.491 e. The van der Waals surface area contributed by atoms with E-state index in [1.807, 2.05) is 36.4 Å². The summed E-state index contributed by atoms with van der Waals surface area (Å²) < 4.78 is 5.58. The molecule has 0 atom stereocenters. The van der Waals surface area contributed by atoms with Crippen molar-refractivity contribution in [3.05, 3.63) is 48.5 Å². The molecule has 7 heteroatoms. The summed E-state index contributed by atoms with van der Waals surface area (Å²) >= 11 is 0. The molecular weight excluding hydrogens is 320 g/mol. The lowest BCUT2D eigenvalue weighted by molar-refractivity contribution is -0.121. The maximum atomic E-state index is 12.4. The third-order valence-electron chi connectivity index (χ3n) is 3.98. The van der Waals surface area contributed by atoms with Crippen LogP contribution >= 0.6 is 0 Å². The fourth-order valence-electron chi connectivity index (χ4n) is 2.82. The van der Waals surface area contributed by atoms with E-state index in [1.54, 1.807) is 12.1 Å². The molecule has 7 nitrogen and oxygen atoms in total. The molecule has 3 aromatic rings. The molecule has 0 bridgehead atoms. The fourth-order valence-corrected chi connectivity index (χ4v) is 2.82. The van der Waals surface area contributed by atoms with Gasteiger partial charge in [-0.05, 0) is 24.3 Å². The summed E-state index contributed by atoms with van der Waals surface area (Å²) in [5, 5.41) is 2.71. The number of anilines is 2. The minimum atomic E-state index is -0.330. The number of para-hydroxylation sites is 4. The number of aromatic amines is 1. The highest BCUT2D eigenvalue weighted by molar-refractivity contribution is 6.03. The predicted molar refractivity (Wildman–Crippen MR) is 93.6 cm³/mol. The molecule has 0 saturated carbocycles. The van der Waals surface area contributed by atoms with Crippen LogP contribution in [0.2, 0.25) is 0 Å². The van der Waals surface area contributed by atoms with Gasteiger partial charge >= 0.3 is 0 Å². The quantitative estimate of drug-likeness (QED) is 0.768. The van der Waals surface area contributed by atoms with E-state index in [-0.39, 0.29) is 24.8 Å². The predicted octanol–water partition coefficient (Wildman–Crippen LogP) is 2.32. The Morgan fingerprint density at radius 2 is 2.00 bits per heavy atom. The third-order valence-corrected chi connectivity index (χ3v) is 3.98. The van der Waals surface area contributed by atoms with Crippen LogP contribution in [-0.4, -0.2) is 34.9 Å². The van der Waals surface area contributed by atoms with Crippen LogP contribution in [0.15, 0.2) is 48.5 Å². The number of nitrogens with one attached hydrogen (secondary N) is 2. The number of benzene rings is 2. The number of H-pyrrole nitrogens is 1. The minimum Gasteiger partial charge on any atom is -0.491 e. The highest BCUT2D eigenvalue weighted by atomic mass is 16.5. The smallest absolute Gasteiger partial charge is 0.246 e. The van der Waals surface area contributed by atoms with Gasteiger partial charge in [-0.15, -0.1) is 0 Å². The van der Waals surface area contributed by atoms with Crippen LogP contribution in [0, 0.1) is 0 Å². The van der Waals surface area contributed by atoms with Crippen molar-refractivity contribution in [2.45, 2.75) is 6.42 Å². The van der Waals surface area contributed by atoms with Crippen molar-refractivity contribution in [1.29, 1.82) is 0 Å². The zero-order chi connectivity index (χ0) is 17.2. The minimum absolute atomic E-state index is 0.101. The standard InChI is InChI=1S/C18H16N4O3/c23-16(21-18-19-12-5-1-2-6-13(12)20-18)11-22-14-7-3-4-8-15(14)25-10-9-17(22)24/h1-8H,9-11H2,(H2,19,20,21,23). The van der Waals surface area contributed by atoms with Crippen molar-refractivity contribution in [2.24, 2.45) is 0 Å². The molecule has 2 amide bonds. The fraction of sp³-hybridized carbons (Fsp3) is 0.167. The molecule has 126 valence electrons. The van der Waals surface area contributed by atoms with Crippen LogP contribution < -0.4 is 15.0 Å². The Morgan fingerprint density at radius 1 is 1.20 bits per heavy atom. The van der Waals surface area contributed by atoms with Gasteiger partial charge in [0.25, 0.3) is 0 Å². The van der Waals surface area contributed by atoms with Gasteiger partial charge in [-0.2, -0.15) is 0 Å². The first-order valence-electron chi connectivity index (χ1n) is 7.97. The van der Waals surface area contributed by atoms with Gasteiger partial charge in [-0.3, -0.25) is 19.8 Å². The number of carbonyl (C=O) groups excluding carboxylic acids is 2. The summed E-state index contributed by atoms with van der Waals surface area (Å²) in [6.07, 6.45) is 0.229. The van der Waals surface area contributed by atoms with Gasteiger partial charge in [0.1, 0.15) is 12.3 Å². The first kappa shape index (κ1) is 15.2. The van der Waals surface area contributed by atoms with E-state index in [1.165, 1.54) is 4.90 Å². The first-order chi connectivity index (χ1) is 12.2. The van der Waals surface area contributed by atoms with Gasteiger partial charge in [0.15, 0.2) is 0 Å². The van der Waals surface area contributed by atoms with Crippen LogP contribution in [0.1, 0.15) is 6.42 Å². The van der Waals surface area contributed by atoms with E-state index in [0.29, 0.717) is 24.0 Å². The Morgan fingerprint density at radius 3 is 2.88 bits per heavy atom. The zero-order valence-corrected chi connectivity index (χ0v) is 13.4. The summed E-state index contributed by atoms with van der Waals surface area (Å²) in [4.78, 5) is 33.6. The number of carbonyl (C=O) groups is 2. The van der Waals surface area contributed by atoms with Gasteiger partial charge in [-0.1, -0.05) is 24.3 Å². The van der Waals surface area contributed by atoms with Gasteiger partial charge in [0.2, 0.25) is 17.8 Å². The Labute approximate surface area is 143 Å². The topological polar surface area (TPSA) is 87.3 Å². The molecule has 1 aromatic heterocycles. The number of rotatable bonds is 3. The summed E-state index contributed by atoms with van der Waals surface area (Å²) in [7, 11) is 0. The van der Waals surface area contributed by atoms with Crippen molar-refractivity contribution in [3.63, 3.8) is 0 Å². The first-order valence-corrected chi connectivity index (χ1v) is 7.97. The summed E-state index contributed by atoms with van der Waals surface area (Å²) in [5.41, 5.74) is 2.20.